The van der Waals surface area contributed by atoms with Gasteiger partial charge in [0.2, 0.25) is 0 Å². The number of nitrogens with zero attached hydrogens (tertiary/aromatic N) is 7. The summed E-state index contributed by atoms with van der Waals surface area (Å²) in [5.74, 6) is 0.507. The second kappa shape index (κ2) is 14.1. The lowest BCUT2D eigenvalue weighted by molar-refractivity contribution is -0.130. The van der Waals surface area contributed by atoms with Crippen LogP contribution in [0.1, 0.15) is 36.1 Å². The van der Waals surface area contributed by atoms with Crippen molar-refractivity contribution in [3.63, 3.8) is 0 Å². The number of piperazine rings is 1. The molecule has 12 nitrogen and oxygen atoms in total. The van der Waals surface area contributed by atoms with Crippen molar-refractivity contribution in [3.8, 4) is 12.1 Å². The van der Waals surface area contributed by atoms with Crippen molar-refractivity contribution in [1.82, 2.24) is 25.1 Å². The van der Waals surface area contributed by atoms with E-state index < -0.39 is 17.2 Å². The highest BCUT2D eigenvalue weighted by Crippen LogP contribution is 2.42. The average Bonchev–Trinajstić information content (AvgIpc) is 3.91. The Labute approximate surface area is 298 Å². The number of likely N-dealkylation sites (N-methyl/N-ethyl adjacent to an activating group) is 1. The molecule has 2 fully saturated rings. The number of hydrogen-bond acceptors (Lipinski definition) is 9. The highest BCUT2D eigenvalue weighted by Gasteiger charge is 2.54. The number of hydrogen-bond donors (Lipinski definition) is 2. The minimum Gasteiger partial charge on any atom is -0.465 e. The Balaban J connectivity index is 1.26. The third-order valence-electron chi connectivity index (χ3n) is 10.3. The minimum absolute atomic E-state index is 0.0203. The molecule has 3 aromatic carbocycles. The molecule has 12 heteroatoms. The zero-order valence-electron chi connectivity index (χ0n) is 29.2. The van der Waals surface area contributed by atoms with Gasteiger partial charge in [-0.2, -0.15) is 15.2 Å². The van der Waals surface area contributed by atoms with Gasteiger partial charge in [0.05, 0.1) is 30.3 Å². The first kappa shape index (κ1) is 34.1. The fourth-order valence-electron chi connectivity index (χ4n) is 7.55. The number of amides is 2. The van der Waals surface area contributed by atoms with Crippen LogP contribution in [0.4, 0.5) is 16.3 Å². The Morgan fingerprint density at radius 3 is 2.49 bits per heavy atom. The molecule has 1 atom stereocenters. The van der Waals surface area contributed by atoms with Crippen molar-refractivity contribution in [2.75, 3.05) is 63.2 Å². The third-order valence-corrected chi connectivity index (χ3v) is 10.3. The molecule has 3 aliphatic rings. The van der Waals surface area contributed by atoms with Gasteiger partial charge in [0, 0.05) is 68.7 Å². The number of rotatable bonds is 11. The summed E-state index contributed by atoms with van der Waals surface area (Å²) in [5.41, 5.74) is 1.83. The average molecular weight is 689 g/mol. The van der Waals surface area contributed by atoms with Gasteiger partial charge < -0.3 is 29.9 Å². The minimum atomic E-state index is -1.05. The Morgan fingerprint density at radius 1 is 0.980 bits per heavy atom. The number of carbonyl (C=O) groups excluding carboxylic acids is 1. The van der Waals surface area contributed by atoms with Gasteiger partial charge in [0.25, 0.3) is 5.91 Å². The maximum absolute atomic E-state index is 13.4. The van der Waals surface area contributed by atoms with E-state index in [1.54, 1.807) is 0 Å². The van der Waals surface area contributed by atoms with E-state index in [0.29, 0.717) is 57.7 Å². The molecule has 1 aromatic heterocycles. The normalized spacial score (nSPS) is 19.4. The van der Waals surface area contributed by atoms with E-state index in [2.05, 4.69) is 51.5 Å². The number of nitrogens with one attached hydrogen (secondary N) is 1. The van der Waals surface area contributed by atoms with Crippen LogP contribution in [0.25, 0.3) is 10.8 Å². The maximum atomic E-state index is 13.4. The Hall–Kier alpha value is -5.41. The van der Waals surface area contributed by atoms with Crippen LogP contribution in [-0.4, -0.2) is 101 Å². The van der Waals surface area contributed by atoms with Crippen molar-refractivity contribution < 1.29 is 19.4 Å². The largest absolute Gasteiger partial charge is 0.465 e. The smallest absolute Gasteiger partial charge is 0.407 e. The molecule has 1 saturated heterocycles. The standard InChI is InChI=1S/C39H44N8O4/c1-44(2)22-20-41-35(48)39(16-17-39)51-36-42-32-26-45(33-14-8-12-29-11-6-7-13-30(29)33)21-15-31(32)34(43-36)46-23-24-47(37(49)50)38(27-46,18-19-40)25-28-9-4-3-5-10-28/h3-14H,15-18,20-27H2,1-2H3,(H,41,48)(H,49,50)/t38-/m1/s1. The van der Waals surface area contributed by atoms with Crippen LogP contribution < -0.4 is 19.9 Å². The van der Waals surface area contributed by atoms with Crippen LogP contribution >= 0.6 is 0 Å². The monoisotopic (exact) mass is 688 g/mol. The van der Waals surface area contributed by atoms with Gasteiger partial charge in [0.15, 0.2) is 5.60 Å². The number of anilines is 2. The van der Waals surface area contributed by atoms with Crippen LogP contribution in [0, 0.1) is 11.3 Å². The highest BCUT2D eigenvalue weighted by atomic mass is 16.5. The number of aromatic nitrogens is 2. The summed E-state index contributed by atoms with van der Waals surface area (Å²) in [5, 5.41) is 25.8. The van der Waals surface area contributed by atoms with Gasteiger partial charge in [-0.1, -0.05) is 66.7 Å². The Bertz CT molecular complexity index is 1950. The van der Waals surface area contributed by atoms with E-state index in [-0.39, 0.29) is 31.4 Å². The SMILES string of the molecule is CN(C)CCNC(=O)C1(Oc2nc3c(c(N4CCN(C(=O)O)[C@](CC#N)(Cc5ccccc5)C4)n2)CCN(c2cccc4ccccc24)C3)CC1. The molecule has 0 radical (unpaired) electrons. The number of carboxylic acid groups (broad SMARTS) is 1. The summed E-state index contributed by atoms with van der Waals surface area (Å²) in [6, 6.07) is 26.8. The summed E-state index contributed by atoms with van der Waals surface area (Å²) in [6.07, 6.45) is 1.15. The van der Waals surface area contributed by atoms with Crippen molar-refractivity contribution in [2.45, 2.75) is 49.8 Å². The fraction of sp³-hybridized carbons (Fsp3) is 0.410. The zero-order valence-corrected chi connectivity index (χ0v) is 29.2. The molecule has 1 aliphatic carbocycles. The molecular weight excluding hydrogens is 644 g/mol. The summed E-state index contributed by atoms with van der Waals surface area (Å²) in [6.45, 7) is 3.33. The molecule has 1 saturated carbocycles. The molecule has 7 rings (SSSR count). The van der Waals surface area contributed by atoms with Gasteiger partial charge in [0.1, 0.15) is 5.82 Å². The summed E-state index contributed by atoms with van der Waals surface area (Å²) in [7, 11) is 3.92. The van der Waals surface area contributed by atoms with Gasteiger partial charge in [-0.3, -0.25) is 9.69 Å². The topological polar surface area (TPSA) is 138 Å². The molecule has 264 valence electrons. The predicted octanol–water partition coefficient (Wildman–Crippen LogP) is 4.48. The van der Waals surface area contributed by atoms with E-state index >= 15 is 0 Å². The highest BCUT2D eigenvalue weighted by molar-refractivity contribution is 5.94. The molecule has 2 N–H and O–H groups in total. The van der Waals surface area contributed by atoms with Gasteiger partial charge in [-0.15, -0.1) is 0 Å². The summed E-state index contributed by atoms with van der Waals surface area (Å²) >= 11 is 0. The molecule has 0 spiro atoms. The summed E-state index contributed by atoms with van der Waals surface area (Å²) in [4.78, 5) is 43.9. The molecule has 3 heterocycles. The van der Waals surface area contributed by atoms with Crippen LogP contribution in [0.3, 0.4) is 0 Å². The molecule has 0 bridgehead atoms. The van der Waals surface area contributed by atoms with E-state index in [4.69, 9.17) is 14.7 Å². The van der Waals surface area contributed by atoms with E-state index in [0.717, 1.165) is 39.8 Å². The number of nitriles is 1. The molecule has 2 aliphatic heterocycles. The lowest BCUT2D eigenvalue weighted by atomic mass is 9.83. The van der Waals surface area contributed by atoms with Gasteiger partial charge in [-0.05, 0) is 44.0 Å². The zero-order chi connectivity index (χ0) is 35.6. The molecular formula is C39H44N8O4. The number of ether oxygens (including phenoxy) is 1. The number of carbonyl (C=O) groups is 2. The molecule has 2 amide bonds. The second-order valence-corrected chi connectivity index (χ2v) is 14.2. The first-order chi connectivity index (χ1) is 24.7. The Morgan fingerprint density at radius 2 is 1.75 bits per heavy atom. The first-order valence-electron chi connectivity index (χ1n) is 17.6. The molecule has 0 unspecified atom stereocenters. The van der Waals surface area contributed by atoms with Crippen molar-refractivity contribution in [2.24, 2.45) is 0 Å². The second-order valence-electron chi connectivity index (χ2n) is 14.2. The third kappa shape index (κ3) is 6.99. The lowest BCUT2D eigenvalue weighted by Gasteiger charge is -2.49. The van der Waals surface area contributed by atoms with Crippen LogP contribution in [0.5, 0.6) is 6.01 Å². The number of benzene rings is 3. The van der Waals surface area contributed by atoms with Gasteiger partial charge >= 0.3 is 12.1 Å². The van der Waals surface area contributed by atoms with Crippen molar-refractivity contribution in [1.29, 1.82) is 5.26 Å². The fourth-order valence-corrected chi connectivity index (χ4v) is 7.55. The summed E-state index contributed by atoms with van der Waals surface area (Å²) < 4.78 is 6.45. The lowest BCUT2D eigenvalue weighted by Crippen LogP contribution is -2.65. The molecule has 4 aromatic rings. The van der Waals surface area contributed by atoms with E-state index in [9.17, 15) is 20.0 Å². The Kier molecular flexibility index (Phi) is 9.40. The van der Waals surface area contributed by atoms with E-state index in [1.165, 1.54) is 4.90 Å². The van der Waals surface area contributed by atoms with Crippen molar-refractivity contribution in [3.05, 3.63) is 89.6 Å². The predicted molar refractivity (Wildman–Crippen MR) is 195 cm³/mol. The first-order valence-corrected chi connectivity index (χ1v) is 17.6. The van der Waals surface area contributed by atoms with Crippen LogP contribution in [0.2, 0.25) is 0 Å². The van der Waals surface area contributed by atoms with E-state index in [1.807, 2.05) is 61.5 Å². The quantitative estimate of drug-likeness (QED) is 0.232. The van der Waals surface area contributed by atoms with Crippen LogP contribution in [0.15, 0.2) is 72.8 Å². The molecule has 51 heavy (non-hydrogen) atoms. The van der Waals surface area contributed by atoms with Crippen molar-refractivity contribution >= 4 is 34.3 Å². The maximum Gasteiger partial charge on any atom is 0.407 e. The van der Waals surface area contributed by atoms with Crippen LogP contribution in [-0.2, 0) is 24.2 Å². The van der Waals surface area contributed by atoms with Gasteiger partial charge in [-0.25, -0.2) is 4.79 Å². The number of fused-ring (bicyclic) bond motifs is 2.